The molecule has 8 aromatic rings. The maximum absolute atomic E-state index is 2.54. The van der Waals surface area contributed by atoms with Gasteiger partial charge in [-0.25, -0.2) is 0 Å². The van der Waals surface area contributed by atoms with E-state index in [0.29, 0.717) is 5.92 Å². The second kappa shape index (κ2) is 13.5. The Morgan fingerprint density at radius 2 is 0.887 bits per heavy atom. The van der Waals surface area contributed by atoms with Crippen molar-refractivity contribution in [2.75, 3.05) is 4.90 Å². The van der Waals surface area contributed by atoms with Crippen LogP contribution < -0.4 is 4.90 Å². The Kier molecular flexibility index (Phi) is 8.04. The van der Waals surface area contributed by atoms with E-state index in [9.17, 15) is 0 Å². The SMILES string of the molecule is CC1(C)c2ccccc2-c2ccc(N(c3ccc(-c4ccc5c(c4)C4(c6ccccc6C(C)(C)c6ccccc64)C4C=CC=CC54)cc3)c3cccc(-c4ccccc4)c3)cc21. The van der Waals surface area contributed by atoms with Gasteiger partial charge in [-0.05, 0) is 120 Å². The molecule has 0 aliphatic heterocycles. The maximum atomic E-state index is 2.54. The number of nitrogens with zero attached hydrogens (tertiary/aromatic N) is 1. The Balaban J connectivity index is 1.00. The minimum absolute atomic E-state index is 0.105. The van der Waals surface area contributed by atoms with Crippen LogP contribution in [-0.2, 0) is 16.2 Å². The molecule has 0 amide bonds. The number of hydrogen-bond donors (Lipinski definition) is 0. The van der Waals surface area contributed by atoms with Gasteiger partial charge in [-0.1, -0.05) is 198 Å². The van der Waals surface area contributed by atoms with Crippen LogP contribution in [0.2, 0.25) is 0 Å². The molecule has 1 nitrogen and oxygen atoms in total. The number of benzene rings is 8. The van der Waals surface area contributed by atoms with E-state index < -0.39 is 0 Å². The molecular formula is C61H49N. The summed E-state index contributed by atoms with van der Waals surface area (Å²) in [5, 5.41) is 0. The van der Waals surface area contributed by atoms with Crippen molar-refractivity contribution in [1.29, 1.82) is 0 Å². The first-order chi connectivity index (χ1) is 30.3. The third kappa shape index (κ3) is 5.15. The molecule has 8 aromatic carbocycles. The summed E-state index contributed by atoms with van der Waals surface area (Å²) in [6, 6.07) is 70.9. The number of fused-ring (bicyclic) bond motifs is 12. The zero-order chi connectivity index (χ0) is 41.8. The summed E-state index contributed by atoms with van der Waals surface area (Å²) in [6.45, 7) is 9.54. The molecule has 62 heavy (non-hydrogen) atoms. The highest BCUT2D eigenvalue weighted by Crippen LogP contribution is 2.65. The summed E-state index contributed by atoms with van der Waals surface area (Å²) in [4.78, 5) is 2.44. The molecule has 0 N–H and O–H groups in total. The van der Waals surface area contributed by atoms with Crippen LogP contribution in [-0.4, -0.2) is 0 Å². The zero-order valence-electron chi connectivity index (χ0n) is 35.8. The Hall–Kier alpha value is -6.96. The van der Waals surface area contributed by atoms with Gasteiger partial charge in [-0.2, -0.15) is 0 Å². The monoisotopic (exact) mass is 795 g/mol. The lowest BCUT2D eigenvalue weighted by Gasteiger charge is -2.49. The van der Waals surface area contributed by atoms with Gasteiger partial charge in [0.05, 0.1) is 5.41 Å². The predicted molar refractivity (Wildman–Crippen MR) is 259 cm³/mol. The molecule has 12 rings (SSSR count). The summed E-state index contributed by atoms with van der Waals surface area (Å²) >= 11 is 0. The lowest BCUT2D eigenvalue weighted by molar-refractivity contribution is 0.420. The van der Waals surface area contributed by atoms with E-state index in [1.165, 1.54) is 77.9 Å². The highest BCUT2D eigenvalue weighted by Gasteiger charge is 2.58. The standard InChI is InChI=1S/C61H49N/c1-59(2)51-23-10-8-21-47(51)49-36-34-46(39-57(49)59)62(45-20-16-19-42(37-45)40-17-6-5-7-18-40)44-32-29-41(30-33-44)43-31-35-50-48-22-9-11-24-52(48)61(58(50)38-43)55-27-14-12-25-53(55)60(3,4)54-26-13-15-28-56(54)61/h5-39,48,52H,1-4H3. The quantitative estimate of drug-likeness (QED) is 0.168. The van der Waals surface area contributed by atoms with Crippen molar-refractivity contribution >= 4 is 17.1 Å². The van der Waals surface area contributed by atoms with Crippen LogP contribution >= 0.6 is 0 Å². The van der Waals surface area contributed by atoms with Gasteiger partial charge in [-0.15, -0.1) is 0 Å². The van der Waals surface area contributed by atoms with Crippen molar-refractivity contribution < 1.29 is 0 Å². The first-order valence-corrected chi connectivity index (χ1v) is 22.3. The van der Waals surface area contributed by atoms with Crippen molar-refractivity contribution in [1.82, 2.24) is 0 Å². The van der Waals surface area contributed by atoms with Crippen molar-refractivity contribution in [3.8, 4) is 33.4 Å². The van der Waals surface area contributed by atoms with E-state index in [-0.39, 0.29) is 22.2 Å². The Labute approximate surface area is 366 Å². The summed E-state index contributed by atoms with van der Waals surface area (Å²) < 4.78 is 0. The largest absolute Gasteiger partial charge is 0.310 e. The fraction of sp³-hybridized carbons (Fsp3) is 0.148. The minimum atomic E-state index is -0.304. The van der Waals surface area contributed by atoms with Crippen molar-refractivity contribution in [2.45, 2.75) is 49.9 Å². The topological polar surface area (TPSA) is 3.24 Å². The molecule has 0 heterocycles. The Bertz CT molecular complexity index is 3090. The predicted octanol–water partition coefficient (Wildman–Crippen LogP) is 15.6. The van der Waals surface area contributed by atoms with Crippen LogP contribution in [0.3, 0.4) is 0 Å². The minimum Gasteiger partial charge on any atom is -0.310 e. The van der Waals surface area contributed by atoms with Crippen molar-refractivity contribution in [2.24, 2.45) is 5.92 Å². The van der Waals surface area contributed by atoms with E-state index in [1.54, 1.807) is 0 Å². The molecule has 0 fully saturated rings. The number of hydrogen-bond acceptors (Lipinski definition) is 1. The van der Waals surface area contributed by atoms with E-state index in [2.05, 4.69) is 245 Å². The second-order valence-corrected chi connectivity index (χ2v) is 18.8. The van der Waals surface area contributed by atoms with E-state index in [4.69, 9.17) is 0 Å². The van der Waals surface area contributed by atoms with Gasteiger partial charge in [-0.3, -0.25) is 0 Å². The van der Waals surface area contributed by atoms with Crippen LogP contribution in [0.25, 0.3) is 33.4 Å². The van der Waals surface area contributed by atoms with Gasteiger partial charge in [0.2, 0.25) is 0 Å². The van der Waals surface area contributed by atoms with Gasteiger partial charge in [0.1, 0.15) is 0 Å². The molecule has 0 saturated carbocycles. The normalized spacial score (nSPS) is 18.6. The molecule has 2 atom stereocenters. The summed E-state index contributed by atoms with van der Waals surface area (Å²) in [6.07, 6.45) is 9.47. The van der Waals surface area contributed by atoms with Gasteiger partial charge in [0.25, 0.3) is 0 Å². The average molecular weight is 796 g/mol. The Morgan fingerprint density at radius 3 is 1.63 bits per heavy atom. The molecule has 4 aliphatic carbocycles. The smallest absolute Gasteiger partial charge is 0.0531 e. The van der Waals surface area contributed by atoms with Gasteiger partial charge in [0.15, 0.2) is 0 Å². The Morgan fingerprint density at radius 1 is 0.355 bits per heavy atom. The van der Waals surface area contributed by atoms with Gasteiger partial charge in [0, 0.05) is 39.7 Å². The van der Waals surface area contributed by atoms with E-state index in [0.717, 1.165) is 17.1 Å². The lowest BCUT2D eigenvalue weighted by Crippen LogP contribution is -2.44. The molecule has 1 heteroatoms. The molecule has 298 valence electrons. The third-order valence-electron chi connectivity index (χ3n) is 15.0. The van der Waals surface area contributed by atoms with E-state index >= 15 is 0 Å². The summed E-state index contributed by atoms with van der Waals surface area (Å²) in [5.41, 5.74) is 21.8. The molecule has 4 aliphatic rings. The third-order valence-corrected chi connectivity index (χ3v) is 15.0. The highest BCUT2D eigenvalue weighted by atomic mass is 15.1. The van der Waals surface area contributed by atoms with Crippen molar-refractivity contribution in [3.05, 3.63) is 257 Å². The fourth-order valence-corrected chi connectivity index (χ4v) is 12.1. The number of rotatable bonds is 5. The molecular weight excluding hydrogens is 747 g/mol. The molecule has 0 radical (unpaired) electrons. The summed E-state index contributed by atoms with van der Waals surface area (Å²) in [5.74, 6) is 0.586. The van der Waals surface area contributed by atoms with Gasteiger partial charge < -0.3 is 4.90 Å². The van der Waals surface area contributed by atoms with Crippen LogP contribution in [0, 0.1) is 5.92 Å². The fourth-order valence-electron chi connectivity index (χ4n) is 12.1. The number of allylic oxidation sites excluding steroid dienone is 4. The van der Waals surface area contributed by atoms with Crippen LogP contribution in [0.1, 0.15) is 78.1 Å². The van der Waals surface area contributed by atoms with Crippen LogP contribution in [0.5, 0.6) is 0 Å². The highest BCUT2D eigenvalue weighted by molar-refractivity contribution is 5.87. The van der Waals surface area contributed by atoms with Crippen molar-refractivity contribution in [3.63, 3.8) is 0 Å². The second-order valence-electron chi connectivity index (χ2n) is 18.8. The molecule has 1 spiro atoms. The molecule has 0 aromatic heterocycles. The van der Waals surface area contributed by atoms with Crippen LogP contribution in [0.15, 0.2) is 212 Å². The molecule has 0 bridgehead atoms. The first-order valence-electron chi connectivity index (χ1n) is 22.3. The summed E-state index contributed by atoms with van der Waals surface area (Å²) in [7, 11) is 0. The number of anilines is 3. The lowest BCUT2D eigenvalue weighted by atomic mass is 9.53. The first kappa shape index (κ1) is 36.9. The van der Waals surface area contributed by atoms with E-state index in [1.807, 2.05) is 0 Å². The molecule has 2 unspecified atom stereocenters. The van der Waals surface area contributed by atoms with Gasteiger partial charge >= 0.3 is 0 Å². The van der Waals surface area contributed by atoms with Crippen LogP contribution in [0.4, 0.5) is 17.1 Å². The average Bonchev–Trinajstić information content (AvgIpc) is 3.74. The maximum Gasteiger partial charge on any atom is 0.0531 e. The molecule has 0 saturated heterocycles. The zero-order valence-corrected chi connectivity index (χ0v) is 35.8.